The van der Waals surface area contributed by atoms with Gasteiger partial charge in [-0.15, -0.1) is 0 Å². The molecule has 0 fully saturated rings. The van der Waals surface area contributed by atoms with Gasteiger partial charge in [0.25, 0.3) is 0 Å². The molecule has 5 nitrogen and oxygen atoms in total. The maximum absolute atomic E-state index is 12.0. The fourth-order valence-corrected chi connectivity index (χ4v) is 1.39. The summed E-state index contributed by atoms with van der Waals surface area (Å²) in [7, 11) is 0. The highest BCUT2D eigenvalue weighted by molar-refractivity contribution is 5.89. The van der Waals surface area contributed by atoms with E-state index in [4.69, 9.17) is 5.11 Å². The molecule has 0 spiro atoms. The summed E-state index contributed by atoms with van der Waals surface area (Å²) in [5.41, 5.74) is 0.452. The molecular formula is C13H18F2N2O3. The van der Waals surface area contributed by atoms with Crippen molar-refractivity contribution < 1.29 is 23.4 Å². The fraction of sp³-hybridized carbons (Fsp3) is 0.462. The summed E-state index contributed by atoms with van der Waals surface area (Å²) in [6.45, 7) is 0.681. The molecule has 20 heavy (non-hydrogen) atoms. The second-order valence-corrected chi connectivity index (χ2v) is 4.45. The number of hydrogen-bond donors (Lipinski definition) is 3. The Morgan fingerprint density at radius 3 is 2.40 bits per heavy atom. The largest absolute Gasteiger partial charge is 0.435 e. The zero-order valence-electron chi connectivity index (χ0n) is 11.3. The lowest BCUT2D eigenvalue weighted by Gasteiger charge is -2.19. The standard InChI is InChI=1S/C13H18F2N2O3/c1-8(7-18)9(2)16-13(19)17-10-3-5-11(6-4-10)20-12(14)15/h3-6,8-9,12,18H,7H2,1-2H3,(H2,16,17,19). The number of carbonyl (C=O) groups excluding carboxylic acids is 1. The van der Waals surface area contributed by atoms with E-state index in [1.54, 1.807) is 13.8 Å². The van der Waals surface area contributed by atoms with Gasteiger partial charge in [-0.2, -0.15) is 8.78 Å². The number of aliphatic hydroxyl groups excluding tert-OH is 1. The predicted molar refractivity (Wildman–Crippen MR) is 70.9 cm³/mol. The average molecular weight is 288 g/mol. The molecule has 0 saturated carbocycles. The summed E-state index contributed by atoms with van der Waals surface area (Å²) in [6, 6.07) is 4.96. The second-order valence-electron chi connectivity index (χ2n) is 4.45. The van der Waals surface area contributed by atoms with E-state index in [9.17, 15) is 13.6 Å². The van der Waals surface area contributed by atoms with E-state index in [1.807, 2.05) is 0 Å². The average Bonchev–Trinajstić information content (AvgIpc) is 2.39. The number of benzene rings is 1. The molecule has 7 heteroatoms. The third kappa shape index (κ3) is 5.40. The van der Waals surface area contributed by atoms with Crippen LogP contribution in [0, 0.1) is 5.92 Å². The third-order valence-corrected chi connectivity index (χ3v) is 2.84. The van der Waals surface area contributed by atoms with Crippen LogP contribution in [0.5, 0.6) is 5.75 Å². The van der Waals surface area contributed by atoms with Gasteiger partial charge in [-0.05, 0) is 37.1 Å². The van der Waals surface area contributed by atoms with E-state index in [-0.39, 0.29) is 24.3 Å². The number of urea groups is 1. The van der Waals surface area contributed by atoms with Crippen LogP contribution in [0.1, 0.15) is 13.8 Å². The number of anilines is 1. The molecule has 0 aromatic heterocycles. The van der Waals surface area contributed by atoms with Gasteiger partial charge in [-0.1, -0.05) is 6.92 Å². The van der Waals surface area contributed by atoms with Crippen molar-refractivity contribution in [1.82, 2.24) is 5.32 Å². The van der Waals surface area contributed by atoms with E-state index >= 15 is 0 Å². The minimum atomic E-state index is -2.88. The number of hydrogen-bond acceptors (Lipinski definition) is 3. The van der Waals surface area contributed by atoms with Crippen LogP contribution < -0.4 is 15.4 Å². The minimum absolute atomic E-state index is 0.0215. The van der Waals surface area contributed by atoms with Crippen molar-refractivity contribution in [2.45, 2.75) is 26.5 Å². The predicted octanol–water partition coefficient (Wildman–Crippen LogP) is 2.43. The van der Waals surface area contributed by atoms with Gasteiger partial charge in [0.15, 0.2) is 0 Å². The molecule has 0 bridgehead atoms. The second kappa shape index (κ2) is 7.64. The van der Waals surface area contributed by atoms with E-state index in [2.05, 4.69) is 15.4 Å². The van der Waals surface area contributed by atoms with Crippen LogP contribution in [0.4, 0.5) is 19.3 Å². The molecule has 2 atom stereocenters. The molecule has 0 radical (unpaired) electrons. The molecule has 1 rings (SSSR count). The summed E-state index contributed by atoms with van der Waals surface area (Å²) < 4.78 is 28.1. The van der Waals surface area contributed by atoms with Gasteiger partial charge < -0.3 is 20.5 Å². The van der Waals surface area contributed by atoms with Gasteiger partial charge in [0.05, 0.1) is 0 Å². The number of nitrogens with one attached hydrogen (secondary N) is 2. The first kappa shape index (κ1) is 16.2. The smallest absolute Gasteiger partial charge is 0.387 e. The molecule has 0 aliphatic rings. The molecule has 112 valence electrons. The van der Waals surface area contributed by atoms with Crippen LogP contribution in [-0.4, -0.2) is 30.4 Å². The molecule has 0 heterocycles. The van der Waals surface area contributed by atoms with Crippen LogP contribution in [0.15, 0.2) is 24.3 Å². The van der Waals surface area contributed by atoms with Crippen molar-refractivity contribution in [2.75, 3.05) is 11.9 Å². The molecule has 0 aliphatic heterocycles. The third-order valence-electron chi connectivity index (χ3n) is 2.84. The van der Waals surface area contributed by atoms with E-state index in [0.717, 1.165) is 0 Å². The SMILES string of the molecule is CC(CO)C(C)NC(=O)Nc1ccc(OC(F)F)cc1. The van der Waals surface area contributed by atoms with Crippen molar-refractivity contribution in [3.05, 3.63) is 24.3 Å². The lowest BCUT2D eigenvalue weighted by atomic mass is 10.1. The number of amides is 2. The zero-order valence-corrected chi connectivity index (χ0v) is 11.3. The van der Waals surface area contributed by atoms with Crippen LogP contribution in [0.2, 0.25) is 0 Å². The molecule has 1 aromatic carbocycles. The highest BCUT2D eigenvalue weighted by atomic mass is 19.3. The quantitative estimate of drug-likeness (QED) is 0.753. The molecule has 0 saturated heterocycles. The molecule has 2 amide bonds. The summed E-state index contributed by atoms with van der Waals surface area (Å²) in [4.78, 5) is 11.7. The Labute approximate surface area is 115 Å². The van der Waals surface area contributed by atoms with Crippen molar-refractivity contribution in [3.63, 3.8) is 0 Å². The first-order valence-corrected chi connectivity index (χ1v) is 6.15. The molecule has 3 N–H and O–H groups in total. The molecule has 0 aliphatic carbocycles. The monoisotopic (exact) mass is 288 g/mol. The summed E-state index contributed by atoms with van der Waals surface area (Å²) >= 11 is 0. The highest BCUT2D eigenvalue weighted by Crippen LogP contribution is 2.17. The fourth-order valence-electron chi connectivity index (χ4n) is 1.39. The van der Waals surface area contributed by atoms with Crippen molar-refractivity contribution in [3.8, 4) is 5.75 Å². The van der Waals surface area contributed by atoms with Gasteiger partial charge in [-0.3, -0.25) is 0 Å². The topological polar surface area (TPSA) is 70.6 Å². The van der Waals surface area contributed by atoms with Crippen LogP contribution >= 0.6 is 0 Å². The summed E-state index contributed by atoms with van der Waals surface area (Å²) in [5.74, 6) is -0.0456. The van der Waals surface area contributed by atoms with Crippen LogP contribution in [0.25, 0.3) is 0 Å². The Balaban J connectivity index is 2.50. The van der Waals surface area contributed by atoms with Gasteiger partial charge in [0.1, 0.15) is 5.75 Å². The minimum Gasteiger partial charge on any atom is -0.435 e. The van der Waals surface area contributed by atoms with Crippen molar-refractivity contribution in [1.29, 1.82) is 0 Å². The van der Waals surface area contributed by atoms with Crippen molar-refractivity contribution in [2.24, 2.45) is 5.92 Å². The number of aliphatic hydroxyl groups is 1. The van der Waals surface area contributed by atoms with Gasteiger partial charge >= 0.3 is 12.6 Å². The Morgan fingerprint density at radius 1 is 1.30 bits per heavy atom. The van der Waals surface area contributed by atoms with E-state index in [1.165, 1.54) is 24.3 Å². The Hall–Kier alpha value is -1.89. The maximum atomic E-state index is 12.0. The van der Waals surface area contributed by atoms with Gasteiger partial charge in [-0.25, -0.2) is 4.79 Å². The van der Waals surface area contributed by atoms with Gasteiger partial charge in [0, 0.05) is 18.3 Å². The summed E-state index contributed by atoms with van der Waals surface area (Å²) in [6.07, 6.45) is 0. The molecule has 2 unspecified atom stereocenters. The number of carbonyl (C=O) groups is 1. The molecular weight excluding hydrogens is 270 g/mol. The molecule has 1 aromatic rings. The van der Waals surface area contributed by atoms with E-state index in [0.29, 0.717) is 5.69 Å². The lowest BCUT2D eigenvalue weighted by molar-refractivity contribution is -0.0498. The van der Waals surface area contributed by atoms with Gasteiger partial charge in [0.2, 0.25) is 0 Å². The highest BCUT2D eigenvalue weighted by Gasteiger charge is 2.13. The Morgan fingerprint density at radius 2 is 1.90 bits per heavy atom. The Bertz CT molecular complexity index is 426. The number of ether oxygens (including phenoxy) is 1. The number of alkyl halides is 2. The van der Waals surface area contributed by atoms with Crippen molar-refractivity contribution >= 4 is 11.7 Å². The number of halogens is 2. The Kier molecular flexibility index (Phi) is 6.17. The first-order chi connectivity index (χ1) is 9.42. The number of rotatable bonds is 6. The lowest BCUT2D eigenvalue weighted by Crippen LogP contribution is -2.40. The normalized spacial score (nSPS) is 13.7. The summed E-state index contributed by atoms with van der Waals surface area (Å²) in [5, 5.41) is 14.2. The maximum Gasteiger partial charge on any atom is 0.387 e. The zero-order chi connectivity index (χ0) is 15.1. The van der Waals surface area contributed by atoms with Crippen LogP contribution in [-0.2, 0) is 0 Å². The van der Waals surface area contributed by atoms with E-state index < -0.39 is 12.6 Å². The first-order valence-electron chi connectivity index (χ1n) is 6.15. The van der Waals surface area contributed by atoms with Crippen LogP contribution in [0.3, 0.4) is 0 Å².